The highest BCUT2D eigenvalue weighted by Crippen LogP contribution is 2.30. The maximum absolute atomic E-state index is 15.0. The zero-order valence-electron chi connectivity index (χ0n) is 26.2. The number of anilines is 3. The van der Waals surface area contributed by atoms with Crippen LogP contribution in [0.25, 0.3) is 0 Å². The number of benzene rings is 2. The van der Waals surface area contributed by atoms with Gasteiger partial charge in [0.2, 0.25) is 5.95 Å². The predicted molar refractivity (Wildman–Crippen MR) is 172 cm³/mol. The highest BCUT2D eigenvalue weighted by atomic mass is 19.1. The number of hydrogen-bond donors (Lipinski definition) is 1. The van der Waals surface area contributed by atoms with Gasteiger partial charge in [-0.3, -0.25) is 9.80 Å². The quantitative estimate of drug-likeness (QED) is 0.258. The molecular weight excluding hydrogens is 559 g/mol. The Morgan fingerprint density at radius 1 is 1.00 bits per heavy atom. The molecule has 1 aromatic heterocycles. The van der Waals surface area contributed by atoms with E-state index in [2.05, 4.69) is 32.0 Å². The van der Waals surface area contributed by atoms with Crippen LogP contribution in [0.3, 0.4) is 0 Å². The van der Waals surface area contributed by atoms with Gasteiger partial charge in [0.05, 0.1) is 0 Å². The van der Waals surface area contributed by atoms with E-state index in [0.717, 1.165) is 82.5 Å². The fourth-order valence-electron chi connectivity index (χ4n) is 6.07. The fourth-order valence-corrected chi connectivity index (χ4v) is 6.07. The average molecular weight is 605 g/mol. The Hall–Kier alpha value is -3.76. The number of hydrogen-bond acceptors (Lipinski definition) is 8. The monoisotopic (exact) mass is 604 g/mol. The summed E-state index contributed by atoms with van der Waals surface area (Å²) in [5.41, 5.74) is 2.28. The van der Waals surface area contributed by atoms with Gasteiger partial charge in [-0.2, -0.15) is 4.98 Å². The minimum Gasteiger partial charge on any atom is -0.489 e. The lowest BCUT2D eigenvalue weighted by atomic mass is 9.94. The Morgan fingerprint density at radius 2 is 1.70 bits per heavy atom. The Labute approximate surface area is 260 Å². The SMILES string of the molecule is CCCN1CCN(CCOc2ccc(Nc3nccc(N(C(=O)Oc4c(C)cccc4C)C4CCCCC4)n3)cc2F)CC1. The molecule has 44 heavy (non-hydrogen) atoms. The van der Waals surface area contributed by atoms with Crippen LogP contribution >= 0.6 is 0 Å². The van der Waals surface area contributed by atoms with E-state index in [1.54, 1.807) is 29.3 Å². The first-order chi connectivity index (χ1) is 21.4. The normalized spacial score (nSPS) is 16.5. The van der Waals surface area contributed by atoms with E-state index in [1.807, 2.05) is 32.0 Å². The molecule has 236 valence electrons. The largest absolute Gasteiger partial charge is 0.489 e. The van der Waals surface area contributed by atoms with Gasteiger partial charge in [-0.25, -0.2) is 14.2 Å². The maximum Gasteiger partial charge on any atom is 0.421 e. The molecule has 0 unspecified atom stereocenters. The summed E-state index contributed by atoms with van der Waals surface area (Å²) < 4.78 is 26.7. The molecule has 2 aromatic carbocycles. The molecule has 1 amide bonds. The second-order valence-electron chi connectivity index (χ2n) is 11.8. The average Bonchev–Trinajstić information content (AvgIpc) is 3.02. The van der Waals surface area contributed by atoms with Crippen molar-refractivity contribution < 1.29 is 18.7 Å². The lowest BCUT2D eigenvalue weighted by Crippen LogP contribution is -2.47. The zero-order chi connectivity index (χ0) is 30.9. The molecular formula is C34H45FN6O3. The highest BCUT2D eigenvalue weighted by Gasteiger charge is 2.30. The van der Waals surface area contributed by atoms with Gasteiger partial charge in [0.15, 0.2) is 11.6 Å². The van der Waals surface area contributed by atoms with Gasteiger partial charge in [0, 0.05) is 56.7 Å². The standard InChI is InChI=1S/C34H45FN6O3/c1-4-17-39-18-20-40(21-19-39)22-23-43-30-14-13-27(24-29(30)35)37-33-36-16-15-31(38-33)41(28-11-6-5-7-12-28)34(42)44-32-25(2)9-8-10-26(32)3/h8-10,13-16,24,28H,4-7,11-12,17-23H2,1-3H3,(H,36,37,38). The number of nitrogens with one attached hydrogen (secondary N) is 1. The van der Waals surface area contributed by atoms with Crippen molar-refractivity contribution in [3.8, 4) is 11.5 Å². The van der Waals surface area contributed by atoms with Gasteiger partial charge in [-0.05, 0) is 69.0 Å². The number of rotatable bonds is 11. The van der Waals surface area contributed by atoms with Crippen LogP contribution in [0.1, 0.15) is 56.6 Å². The van der Waals surface area contributed by atoms with E-state index in [-0.39, 0.29) is 17.7 Å². The first kappa shape index (κ1) is 31.7. The molecule has 9 nitrogen and oxygen atoms in total. The zero-order valence-corrected chi connectivity index (χ0v) is 26.2. The molecule has 0 spiro atoms. The van der Waals surface area contributed by atoms with Crippen LogP contribution in [0.2, 0.25) is 0 Å². The van der Waals surface area contributed by atoms with Gasteiger partial charge in [0.25, 0.3) is 0 Å². The molecule has 0 atom stereocenters. The minimum atomic E-state index is -0.464. The van der Waals surface area contributed by atoms with E-state index >= 15 is 0 Å². The third-order valence-corrected chi connectivity index (χ3v) is 8.48. The highest BCUT2D eigenvalue weighted by molar-refractivity contribution is 5.89. The lowest BCUT2D eigenvalue weighted by molar-refractivity contribution is 0.116. The molecule has 2 aliphatic rings. The van der Waals surface area contributed by atoms with Gasteiger partial charge >= 0.3 is 6.09 Å². The predicted octanol–water partition coefficient (Wildman–Crippen LogP) is 6.72. The number of para-hydroxylation sites is 1. The molecule has 3 aromatic rings. The van der Waals surface area contributed by atoms with Crippen molar-refractivity contribution >= 4 is 23.5 Å². The summed E-state index contributed by atoms with van der Waals surface area (Å²) in [5.74, 6) is 1.03. The molecule has 1 aliphatic heterocycles. The first-order valence-corrected chi connectivity index (χ1v) is 16.0. The third kappa shape index (κ3) is 8.24. The second kappa shape index (κ2) is 15.3. The van der Waals surface area contributed by atoms with E-state index in [9.17, 15) is 9.18 Å². The van der Waals surface area contributed by atoms with Crippen molar-refractivity contribution in [3.63, 3.8) is 0 Å². The van der Waals surface area contributed by atoms with Crippen LogP contribution in [-0.4, -0.2) is 77.8 Å². The van der Waals surface area contributed by atoms with Crippen LogP contribution in [0.15, 0.2) is 48.7 Å². The Morgan fingerprint density at radius 3 is 2.39 bits per heavy atom. The number of nitrogens with zero attached hydrogens (tertiary/aromatic N) is 5. The van der Waals surface area contributed by atoms with Gasteiger partial charge < -0.3 is 19.7 Å². The lowest BCUT2D eigenvalue weighted by Gasteiger charge is -2.34. The van der Waals surface area contributed by atoms with Gasteiger partial charge in [0.1, 0.15) is 18.2 Å². The number of carbonyl (C=O) groups is 1. The number of amides is 1. The Balaban J connectivity index is 1.23. The van der Waals surface area contributed by atoms with E-state index in [0.29, 0.717) is 23.9 Å². The number of aromatic nitrogens is 2. The van der Waals surface area contributed by atoms with Gasteiger partial charge in [-0.1, -0.05) is 44.4 Å². The van der Waals surface area contributed by atoms with Crippen molar-refractivity contribution in [3.05, 3.63) is 65.6 Å². The van der Waals surface area contributed by atoms with Crippen LogP contribution in [0.5, 0.6) is 11.5 Å². The van der Waals surface area contributed by atoms with Crippen molar-refractivity contribution in [2.75, 3.05) is 56.1 Å². The fraction of sp³-hybridized carbons (Fsp3) is 0.500. The van der Waals surface area contributed by atoms with E-state index in [1.165, 1.54) is 12.5 Å². The van der Waals surface area contributed by atoms with Gasteiger partial charge in [-0.15, -0.1) is 0 Å². The maximum atomic E-state index is 15.0. The van der Waals surface area contributed by atoms with E-state index in [4.69, 9.17) is 9.47 Å². The summed E-state index contributed by atoms with van der Waals surface area (Å²) in [6, 6.07) is 12.2. The van der Waals surface area contributed by atoms with E-state index < -0.39 is 11.9 Å². The summed E-state index contributed by atoms with van der Waals surface area (Å²) in [6.07, 6.45) is 7.28. The second-order valence-corrected chi connectivity index (χ2v) is 11.8. The molecule has 1 saturated carbocycles. The number of aryl methyl sites for hydroxylation is 2. The van der Waals surface area contributed by atoms with Crippen molar-refractivity contribution in [1.29, 1.82) is 0 Å². The van der Waals surface area contributed by atoms with Crippen LogP contribution < -0.4 is 19.7 Å². The Kier molecular flexibility index (Phi) is 11.0. The van der Waals surface area contributed by atoms with Crippen LogP contribution in [-0.2, 0) is 0 Å². The number of halogens is 1. The number of ether oxygens (including phenoxy) is 2. The third-order valence-electron chi connectivity index (χ3n) is 8.48. The minimum absolute atomic E-state index is 0.0302. The molecule has 1 saturated heterocycles. The van der Waals surface area contributed by atoms with Crippen molar-refractivity contribution in [1.82, 2.24) is 19.8 Å². The summed E-state index contributed by atoms with van der Waals surface area (Å²) in [7, 11) is 0. The van der Waals surface area contributed by atoms with Crippen LogP contribution in [0.4, 0.5) is 26.6 Å². The molecule has 2 heterocycles. The molecule has 2 fully saturated rings. The molecule has 5 rings (SSSR count). The van der Waals surface area contributed by atoms with Crippen molar-refractivity contribution in [2.24, 2.45) is 0 Å². The summed E-state index contributed by atoms with van der Waals surface area (Å²) in [4.78, 5) is 29.1. The Bertz CT molecular complexity index is 1370. The molecule has 1 N–H and O–H groups in total. The van der Waals surface area contributed by atoms with Crippen LogP contribution in [0, 0.1) is 19.7 Å². The number of piperazine rings is 1. The number of carbonyl (C=O) groups excluding carboxylic acids is 1. The molecule has 0 radical (unpaired) electrons. The summed E-state index contributed by atoms with van der Waals surface area (Å²) in [6.45, 7) is 12.6. The molecule has 0 bridgehead atoms. The molecule has 10 heteroatoms. The molecule has 1 aliphatic carbocycles. The topological polar surface area (TPSA) is 83.1 Å². The summed E-state index contributed by atoms with van der Waals surface area (Å²) >= 11 is 0. The summed E-state index contributed by atoms with van der Waals surface area (Å²) in [5, 5.41) is 3.09. The smallest absolute Gasteiger partial charge is 0.421 e. The van der Waals surface area contributed by atoms with Crippen molar-refractivity contribution in [2.45, 2.75) is 65.3 Å². The first-order valence-electron chi connectivity index (χ1n) is 16.0.